The summed E-state index contributed by atoms with van der Waals surface area (Å²) in [6.07, 6.45) is 0. The fourth-order valence-electron chi connectivity index (χ4n) is 1.06. The molecule has 2 heterocycles. The molecule has 2 aromatic rings. The third kappa shape index (κ3) is 2.10. The van der Waals surface area contributed by atoms with Crippen LogP contribution in [-0.4, -0.2) is 19.9 Å². The summed E-state index contributed by atoms with van der Waals surface area (Å²) in [5, 5.41) is -0.0118. The van der Waals surface area contributed by atoms with Gasteiger partial charge in [0.05, 0.1) is 5.69 Å². The Balaban J connectivity index is 2.58. The van der Waals surface area contributed by atoms with Crippen molar-refractivity contribution in [2.24, 2.45) is 0 Å². The number of H-pyrrole nitrogens is 1. The average Bonchev–Trinajstić information content (AvgIpc) is 2.16. The van der Waals surface area contributed by atoms with Gasteiger partial charge in [0.15, 0.2) is 5.82 Å². The van der Waals surface area contributed by atoms with Gasteiger partial charge in [-0.1, -0.05) is 6.07 Å². The van der Waals surface area contributed by atoms with Crippen molar-refractivity contribution in [2.45, 2.75) is 0 Å². The van der Waals surface area contributed by atoms with Gasteiger partial charge >= 0.3 is 0 Å². The van der Waals surface area contributed by atoms with Crippen molar-refractivity contribution in [2.75, 3.05) is 5.73 Å². The van der Waals surface area contributed by atoms with E-state index < -0.39 is 0 Å². The van der Waals surface area contributed by atoms with Gasteiger partial charge in [0.1, 0.15) is 0 Å². The summed E-state index contributed by atoms with van der Waals surface area (Å²) in [6, 6.07) is 4.62. The monoisotopic (exact) mass is 223 g/mol. The van der Waals surface area contributed by atoms with E-state index in [-0.39, 0.29) is 22.6 Å². The van der Waals surface area contributed by atoms with E-state index in [0.717, 1.165) is 0 Å². The average molecular weight is 224 g/mol. The van der Waals surface area contributed by atoms with Gasteiger partial charge in [-0.2, -0.15) is 15.0 Å². The third-order valence-electron chi connectivity index (χ3n) is 1.63. The Hall–Kier alpha value is -1.95. The summed E-state index contributed by atoms with van der Waals surface area (Å²) in [6.45, 7) is 0. The second-order valence-corrected chi connectivity index (χ2v) is 3.05. The van der Waals surface area contributed by atoms with E-state index in [1.165, 1.54) is 6.07 Å². The standard InChI is InChI=1S/C8H6ClN5O/c9-7-12-6(13-8(10)14-7)4-2-1-3-5(15)11-4/h1-3H,(H,11,15)(H2,10,12,13,14). The molecule has 0 aliphatic rings. The summed E-state index contributed by atoms with van der Waals surface area (Å²) in [4.78, 5) is 24.9. The van der Waals surface area contributed by atoms with Crippen LogP contribution in [0.3, 0.4) is 0 Å². The van der Waals surface area contributed by atoms with Crippen LogP contribution >= 0.6 is 11.6 Å². The molecule has 0 radical (unpaired) electrons. The van der Waals surface area contributed by atoms with Crippen LogP contribution in [0.2, 0.25) is 5.28 Å². The predicted octanol–water partition coefficient (Wildman–Crippen LogP) is 0.462. The van der Waals surface area contributed by atoms with Gasteiger partial charge in [0.25, 0.3) is 0 Å². The number of nitrogens with one attached hydrogen (secondary N) is 1. The smallest absolute Gasteiger partial charge is 0.248 e. The SMILES string of the molecule is Nc1nc(Cl)nc(-c2cccc(=O)[nH]2)n1. The summed E-state index contributed by atoms with van der Waals surface area (Å²) in [5.41, 5.74) is 5.59. The molecule has 0 atom stereocenters. The molecule has 7 heteroatoms. The van der Waals surface area contributed by atoms with Crippen LogP contribution in [0.25, 0.3) is 11.5 Å². The summed E-state index contributed by atoms with van der Waals surface area (Å²) in [7, 11) is 0. The minimum atomic E-state index is -0.248. The van der Waals surface area contributed by atoms with E-state index in [2.05, 4.69) is 19.9 Å². The fraction of sp³-hybridized carbons (Fsp3) is 0. The lowest BCUT2D eigenvalue weighted by molar-refractivity contribution is 1.05. The lowest BCUT2D eigenvalue weighted by Gasteiger charge is -2.00. The first-order valence-corrected chi connectivity index (χ1v) is 4.40. The Morgan fingerprint density at radius 3 is 2.73 bits per heavy atom. The minimum absolute atomic E-state index is 0.00898. The molecule has 0 aliphatic heterocycles. The maximum Gasteiger partial charge on any atom is 0.248 e. The summed E-state index contributed by atoms with van der Waals surface area (Å²) >= 11 is 5.61. The van der Waals surface area contributed by atoms with Crippen molar-refractivity contribution in [3.8, 4) is 11.5 Å². The minimum Gasteiger partial charge on any atom is -0.368 e. The third-order valence-corrected chi connectivity index (χ3v) is 1.80. The van der Waals surface area contributed by atoms with E-state index >= 15 is 0 Å². The largest absolute Gasteiger partial charge is 0.368 e. The topological polar surface area (TPSA) is 97.5 Å². The van der Waals surface area contributed by atoms with Gasteiger partial charge in [-0.05, 0) is 17.7 Å². The number of nitrogens with two attached hydrogens (primary N) is 1. The summed E-state index contributed by atoms with van der Waals surface area (Å²) in [5.74, 6) is 0.250. The molecule has 3 N–H and O–H groups in total. The molecule has 0 unspecified atom stereocenters. The van der Waals surface area contributed by atoms with Crippen molar-refractivity contribution in [1.82, 2.24) is 19.9 Å². The molecule has 0 aromatic carbocycles. The number of hydrogen-bond acceptors (Lipinski definition) is 5. The van der Waals surface area contributed by atoms with Crippen molar-refractivity contribution >= 4 is 17.5 Å². The normalized spacial score (nSPS) is 10.2. The highest BCUT2D eigenvalue weighted by Gasteiger charge is 2.05. The van der Waals surface area contributed by atoms with Crippen molar-refractivity contribution in [3.05, 3.63) is 33.8 Å². The van der Waals surface area contributed by atoms with Gasteiger partial charge in [-0.3, -0.25) is 4.79 Å². The molecule has 0 saturated carbocycles. The van der Waals surface area contributed by atoms with Gasteiger partial charge in [0, 0.05) is 6.07 Å². The number of nitrogen functional groups attached to an aromatic ring is 1. The molecule has 0 amide bonds. The Kier molecular flexibility index (Phi) is 2.34. The lowest BCUT2D eigenvalue weighted by Crippen LogP contribution is -2.07. The molecule has 15 heavy (non-hydrogen) atoms. The molecule has 0 fully saturated rings. The van der Waals surface area contributed by atoms with Gasteiger partial charge in [-0.25, -0.2) is 0 Å². The van der Waals surface area contributed by atoms with Crippen LogP contribution in [0, 0.1) is 0 Å². The second kappa shape index (κ2) is 3.66. The molecular weight excluding hydrogens is 218 g/mol. The number of aromatic nitrogens is 4. The zero-order valence-corrected chi connectivity index (χ0v) is 8.19. The zero-order chi connectivity index (χ0) is 10.8. The van der Waals surface area contributed by atoms with Crippen LogP contribution in [-0.2, 0) is 0 Å². The Labute approximate surface area is 89.2 Å². The molecule has 0 spiro atoms. The number of aromatic amines is 1. The number of halogens is 1. The Morgan fingerprint density at radius 1 is 1.27 bits per heavy atom. The van der Waals surface area contributed by atoms with Crippen LogP contribution in [0.1, 0.15) is 0 Å². The van der Waals surface area contributed by atoms with Crippen LogP contribution in [0.5, 0.6) is 0 Å². The second-order valence-electron chi connectivity index (χ2n) is 2.71. The van der Waals surface area contributed by atoms with E-state index in [4.69, 9.17) is 17.3 Å². The molecule has 0 aliphatic carbocycles. The lowest BCUT2D eigenvalue weighted by atomic mass is 10.3. The van der Waals surface area contributed by atoms with Gasteiger partial charge in [0.2, 0.25) is 16.8 Å². The first kappa shape index (κ1) is 9.60. The van der Waals surface area contributed by atoms with E-state index in [0.29, 0.717) is 5.69 Å². The van der Waals surface area contributed by atoms with Crippen molar-refractivity contribution in [3.63, 3.8) is 0 Å². The Bertz CT molecular complexity index is 532. The Morgan fingerprint density at radius 2 is 2.07 bits per heavy atom. The number of anilines is 1. The molecule has 0 saturated heterocycles. The molecule has 2 rings (SSSR count). The molecular formula is C8H6ClN5O. The van der Waals surface area contributed by atoms with E-state index in [1.807, 2.05) is 0 Å². The predicted molar refractivity (Wildman–Crippen MR) is 55.3 cm³/mol. The van der Waals surface area contributed by atoms with E-state index in [9.17, 15) is 4.79 Å². The molecule has 76 valence electrons. The van der Waals surface area contributed by atoms with Crippen LogP contribution in [0.15, 0.2) is 23.0 Å². The van der Waals surface area contributed by atoms with Crippen LogP contribution in [0.4, 0.5) is 5.95 Å². The highest BCUT2D eigenvalue weighted by molar-refractivity contribution is 6.28. The first-order chi connectivity index (χ1) is 7.15. The number of hydrogen-bond donors (Lipinski definition) is 2. The van der Waals surface area contributed by atoms with Gasteiger partial charge in [-0.15, -0.1) is 0 Å². The fourth-order valence-corrected chi connectivity index (χ4v) is 1.23. The van der Waals surface area contributed by atoms with E-state index in [1.54, 1.807) is 12.1 Å². The van der Waals surface area contributed by atoms with Crippen molar-refractivity contribution < 1.29 is 0 Å². The van der Waals surface area contributed by atoms with Crippen molar-refractivity contribution in [1.29, 1.82) is 0 Å². The number of pyridine rings is 1. The maximum atomic E-state index is 11.0. The number of rotatable bonds is 1. The van der Waals surface area contributed by atoms with Gasteiger partial charge < -0.3 is 10.7 Å². The number of nitrogens with zero attached hydrogens (tertiary/aromatic N) is 3. The molecule has 6 nitrogen and oxygen atoms in total. The first-order valence-electron chi connectivity index (χ1n) is 4.02. The zero-order valence-electron chi connectivity index (χ0n) is 7.44. The quantitative estimate of drug-likeness (QED) is 0.732. The van der Waals surface area contributed by atoms with Crippen LogP contribution < -0.4 is 11.3 Å². The molecule has 0 bridgehead atoms. The highest BCUT2D eigenvalue weighted by atomic mass is 35.5. The highest BCUT2D eigenvalue weighted by Crippen LogP contribution is 2.12. The maximum absolute atomic E-state index is 11.0. The summed E-state index contributed by atoms with van der Waals surface area (Å²) < 4.78 is 0. The molecule has 2 aromatic heterocycles.